The number of rotatable bonds is 2. The summed E-state index contributed by atoms with van der Waals surface area (Å²) in [6, 6.07) is 0. The van der Waals surface area contributed by atoms with Crippen molar-refractivity contribution >= 4 is 11.7 Å². The number of hydrogen-bond acceptors (Lipinski definition) is 5. The lowest BCUT2D eigenvalue weighted by Gasteiger charge is -2.36. The van der Waals surface area contributed by atoms with Crippen LogP contribution in [0.3, 0.4) is 0 Å². The van der Waals surface area contributed by atoms with E-state index in [1.165, 1.54) is 11.0 Å². The average Bonchev–Trinajstić information content (AvgIpc) is 2.57. The standard InChI is InChI=1S/C15H22N4O3/c1-17-8-5-16-13(15(17)21)19-9-10-22-12(11-19)14(20)18-6-3-2-4-7-18/h5,8,12H,2-4,6-7,9-11H2,1H3. The van der Waals surface area contributed by atoms with Crippen molar-refractivity contribution in [2.75, 3.05) is 37.7 Å². The molecule has 0 N–H and O–H groups in total. The smallest absolute Gasteiger partial charge is 0.293 e. The summed E-state index contributed by atoms with van der Waals surface area (Å²) in [5.41, 5.74) is -0.145. The minimum atomic E-state index is -0.501. The number of carbonyl (C=O) groups excluding carboxylic acids is 1. The second-order valence-electron chi connectivity index (χ2n) is 5.86. The van der Waals surface area contributed by atoms with E-state index in [1.54, 1.807) is 19.4 Å². The molecule has 1 unspecified atom stereocenters. The van der Waals surface area contributed by atoms with Crippen LogP contribution in [-0.2, 0) is 16.6 Å². The predicted molar refractivity (Wildman–Crippen MR) is 81.9 cm³/mol. The number of carbonyl (C=O) groups is 1. The molecule has 0 radical (unpaired) electrons. The summed E-state index contributed by atoms with van der Waals surface area (Å²) in [4.78, 5) is 32.6. The van der Waals surface area contributed by atoms with Gasteiger partial charge in [-0.2, -0.15) is 0 Å². The first-order valence-electron chi connectivity index (χ1n) is 7.84. The summed E-state index contributed by atoms with van der Waals surface area (Å²) in [5, 5.41) is 0. The Hall–Kier alpha value is -1.89. The van der Waals surface area contributed by atoms with Gasteiger partial charge in [0.15, 0.2) is 11.9 Å². The number of morpholine rings is 1. The van der Waals surface area contributed by atoms with Crippen LogP contribution in [0.1, 0.15) is 19.3 Å². The van der Waals surface area contributed by atoms with Gasteiger partial charge in [0.05, 0.1) is 13.2 Å². The number of anilines is 1. The van der Waals surface area contributed by atoms with Gasteiger partial charge >= 0.3 is 0 Å². The first-order valence-corrected chi connectivity index (χ1v) is 7.84. The Morgan fingerprint density at radius 2 is 2.05 bits per heavy atom. The number of hydrogen-bond donors (Lipinski definition) is 0. The molecule has 1 atom stereocenters. The highest BCUT2D eigenvalue weighted by atomic mass is 16.5. The topological polar surface area (TPSA) is 67.7 Å². The van der Waals surface area contributed by atoms with Gasteiger partial charge in [-0.1, -0.05) is 0 Å². The van der Waals surface area contributed by atoms with E-state index in [9.17, 15) is 9.59 Å². The Morgan fingerprint density at radius 3 is 2.82 bits per heavy atom. The highest BCUT2D eigenvalue weighted by Crippen LogP contribution is 2.16. The zero-order valence-corrected chi connectivity index (χ0v) is 12.9. The van der Waals surface area contributed by atoms with Crippen LogP contribution in [0.4, 0.5) is 5.82 Å². The van der Waals surface area contributed by atoms with Crippen molar-refractivity contribution in [3.8, 4) is 0 Å². The predicted octanol–water partition coefficient (Wildman–Crippen LogP) is -0.00200. The first-order chi connectivity index (χ1) is 10.7. The maximum absolute atomic E-state index is 12.6. The highest BCUT2D eigenvalue weighted by molar-refractivity contribution is 5.82. The number of nitrogens with zero attached hydrogens (tertiary/aromatic N) is 4. The maximum Gasteiger partial charge on any atom is 0.293 e. The van der Waals surface area contributed by atoms with Crippen molar-refractivity contribution in [2.45, 2.75) is 25.4 Å². The average molecular weight is 306 g/mol. The first kappa shape index (κ1) is 15.0. The van der Waals surface area contributed by atoms with Crippen molar-refractivity contribution in [2.24, 2.45) is 7.05 Å². The second kappa shape index (κ2) is 6.48. The van der Waals surface area contributed by atoms with E-state index in [4.69, 9.17) is 4.74 Å². The Kier molecular flexibility index (Phi) is 4.42. The highest BCUT2D eigenvalue weighted by Gasteiger charge is 2.32. The normalized spacial score (nSPS) is 22.7. The summed E-state index contributed by atoms with van der Waals surface area (Å²) in [6.45, 7) is 3.02. The Morgan fingerprint density at radius 1 is 1.27 bits per heavy atom. The van der Waals surface area contributed by atoms with Crippen LogP contribution in [0.15, 0.2) is 17.2 Å². The minimum Gasteiger partial charge on any atom is -0.365 e. The van der Waals surface area contributed by atoms with E-state index >= 15 is 0 Å². The van der Waals surface area contributed by atoms with E-state index < -0.39 is 6.10 Å². The third kappa shape index (κ3) is 2.99. The van der Waals surface area contributed by atoms with Crippen molar-refractivity contribution in [3.63, 3.8) is 0 Å². The number of aryl methyl sites for hydroxylation is 1. The molecule has 1 aromatic heterocycles. The fourth-order valence-corrected chi connectivity index (χ4v) is 3.01. The number of ether oxygens (including phenoxy) is 1. The fraction of sp³-hybridized carbons (Fsp3) is 0.667. The Labute approximate surface area is 129 Å². The van der Waals surface area contributed by atoms with E-state index in [2.05, 4.69) is 4.98 Å². The van der Waals surface area contributed by atoms with Crippen LogP contribution in [0, 0.1) is 0 Å². The zero-order valence-electron chi connectivity index (χ0n) is 12.9. The van der Waals surface area contributed by atoms with Gasteiger partial charge in [0.2, 0.25) is 0 Å². The lowest BCUT2D eigenvalue weighted by molar-refractivity contribution is -0.145. The van der Waals surface area contributed by atoms with Gasteiger partial charge in [0, 0.05) is 39.1 Å². The van der Waals surface area contributed by atoms with Crippen LogP contribution in [0.2, 0.25) is 0 Å². The van der Waals surface area contributed by atoms with Crippen molar-refractivity contribution < 1.29 is 9.53 Å². The Bertz CT molecular complexity index is 595. The molecule has 0 saturated carbocycles. The largest absolute Gasteiger partial charge is 0.365 e. The summed E-state index contributed by atoms with van der Waals surface area (Å²) < 4.78 is 7.14. The van der Waals surface area contributed by atoms with E-state index in [-0.39, 0.29) is 11.5 Å². The molecule has 2 aliphatic heterocycles. The molecule has 3 rings (SSSR count). The van der Waals surface area contributed by atoms with Crippen LogP contribution in [0.25, 0.3) is 0 Å². The fourth-order valence-electron chi connectivity index (χ4n) is 3.01. The summed E-state index contributed by atoms with van der Waals surface area (Å²) >= 11 is 0. The Balaban J connectivity index is 1.72. The SMILES string of the molecule is Cn1ccnc(N2CCOC(C(=O)N3CCCCC3)C2)c1=O. The van der Waals surface area contributed by atoms with Gasteiger partial charge in [-0.25, -0.2) is 4.98 Å². The molecule has 1 aromatic rings. The molecule has 7 nitrogen and oxygen atoms in total. The summed E-state index contributed by atoms with van der Waals surface area (Å²) in [7, 11) is 1.70. The minimum absolute atomic E-state index is 0.0390. The molecule has 3 heterocycles. The lowest BCUT2D eigenvalue weighted by Crippen LogP contribution is -2.53. The zero-order chi connectivity index (χ0) is 15.5. The monoisotopic (exact) mass is 306 g/mol. The van der Waals surface area contributed by atoms with Crippen molar-refractivity contribution in [1.29, 1.82) is 0 Å². The van der Waals surface area contributed by atoms with E-state index in [1.807, 2.05) is 9.80 Å². The second-order valence-corrected chi connectivity index (χ2v) is 5.86. The molecule has 2 saturated heterocycles. The number of piperidine rings is 1. The van der Waals surface area contributed by atoms with Crippen LogP contribution < -0.4 is 10.5 Å². The van der Waals surface area contributed by atoms with E-state index in [0.717, 1.165) is 25.9 Å². The molecular weight excluding hydrogens is 284 g/mol. The van der Waals surface area contributed by atoms with Gasteiger partial charge in [0.25, 0.3) is 11.5 Å². The van der Waals surface area contributed by atoms with Gasteiger partial charge in [-0.05, 0) is 19.3 Å². The molecule has 0 bridgehead atoms. The molecule has 1 amide bonds. The van der Waals surface area contributed by atoms with Gasteiger partial charge < -0.3 is 19.1 Å². The number of aromatic nitrogens is 2. The quantitative estimate of drug-likeness (QED) is 0.769. The summed E-state index contributed by atoms with van der Waals surface area (Å²) in [5.74, 6) is 0.432. The molecule has 120 valence electrons. The van der Waals surface area contributed by atoms with Gasteiger partial charge in [0.1, 0.15) is 0 Å². The van der Waals surface area contributed by atoms with Crippen molar-refractivity contribution in [1.82, 2.24) is 14.5 Å². The molecule has 2 aliphatic rings. The van der Waals surface area contributed by atoms with Crippen molar-refractivity contribution in [3.05, 3.63) is 22.7 Å². The number of amides is 1. The number of likely N-dealkylation sites (tertiary alicyclic amines) is 1. The van der Waals surface area contributed by atoms with Crippen LogP contribution in [0.5, 0.6) is 0 Å². The van der Waals surface area contributed by atoms with Gasteiger partial charge in [-0.3, -0.25) is 9.59 Å². The van der Waals surface area contributed by atoms with Gasteiger partial charge in [-0.15, -0.1) is 0 Å². The summed E-state index contributed by atoms with van der Waals surface area (Å²) in [6.07, 6.45) is 6.03. The maximum atomic E-state index is 12.6. The van der Waals surface area contributed by atoms with Crippen LogP contribution >= 0.6 is 0 Å². The molecule has 0 aliphatic carbocycles. The molecule has 7 heteroatoms. The lowest BCUT2D eigenvalue weighted by atomic mass is 10.1. The molecule has 0 aromatic carbocycles. The molecule has 2 fully saturated rings. The molecular formula is C15H22N4O3. The molecule has 22 heavy (non-hydrogen) atoms. The van der Waals surface area contributed by atoms with Crippen LogP contribution in [-0.4, -0.2) is 59.2 Å². The van der Waals surface area contributed by atoms with E-state index in [0.29, 0.717) is 25.5 Å². The third-order valence-corrected chi connectivity index (χ3v) is 4.31. The molecule has 0 spiro atoms. The third-order valence-electron chi connectivity index (χ3n) is 4.31.